The van der Waals surface area contributed by atoms with Crippen LogP contribution in [0.15, 0.2) is 66.0 Å². The number of aromatic nitrogens is 3. The van der Waals surface area contributed by atoms with Crippen LogP contribution in [0.3, 0.4) is 0 Å². The van der Waals surface area contributed by atoms with Gasteiger partial charge in [0.15, 0.2) is 10.8 Å². The van der Waals surface area contributed by atoms with Crippen molar-refractivity contribution in [3.8, 4) is 5.75 Å². The van der Waals surface area contributed by atoms with E-state index in [1.54, 1.807) is 49.6 Å². The number of para-hydroxylation sites is 2. The van der Waals surface area contributed by atoms with Crippen molar-refractivity contribution in [3.63, 3.8) is 0 Å². The van der Waals surface area contributed by atoms with E-state index in [-0.39, 0.29) is 17.6 Å². The molecule has 0 unspecified atom stereocenters. The Kier molecular flexibility index (Phi) is 6.58. The van der Waals surface area contributed by atoms with E-state index in [0.29, 0.717) is 44.0 Å². The lowest BCUT2D eigenvalue weighted by Gasteiger charge is -2.10. The standard InChI is InChI=1S/C22H18ClN5O3S/c1-31-18-5-3-2-4-16(18)26-21(30)13-6-8-15(9-7-13)25-19(29)12-32-22-27-17-10-14(23)11-24-20(17)28-22/h2-11H,12H2,1H3,(H,25,29)(H,26,30)(H,24,27,28). The fourth-order valence-electron chi connectivity index (χ4n) is 2.90. The van der Waals surface area contributed by atoms with Gasteiger partial charge in [0.25, 0.3) is 5.91 Å². The lowest BCUT2D eigenvalue weighted by Crippen LogP contribution is -2.15. The van der Waals surface area contributed by atoms with Gasteiger partial charge in [-0.3, -0.25) is 9.59 Å². The Morgan fingerprint density at radius 2 is 1.91 bits per heavy atom. The van der Waals surface area contributed by atoms with E-state index in [1.165, 1.54) is 18.0 Å². The van der Waals surface area contributed by atoms with Crippen LogP contribution in [0.5, 0.6) is 5.75 Å². The van der Waals surface area contributed by atoms with Gasteiger partial charge in [0, 0.05) is 17.4 Å². The molecule has 2 heterocycles. The Morgan fingerprint density at radius 1 is 1.12 bits per heavy atom. The molecule has 4 rings (SSSR count). The zero-order valence-corrected chi connectivity index (χ0v) is 18.5. The molecule has 32 heavy (non-hydrogen) atoms. The van der Waals surface area contributed by atoms with E-state index >= 15 is 0 Å². The van der Waals surface area contributed by atoms with Gasteiger partial charge in [-0.05, 0) is 42.5 Å². The van der Waals surface area contributed by atoms with E-state index < -0.39 is 0 Å². The van der Waals surface area contributed by atoms with Gasteiger partial charge in [-0.1, -0.05) is 35.5 Å². The molecule has 0 saturated heterocycles. The van der Waals surface area contributed by atoms with Crippen LogP contribution in [0.1, 0.15) is 10.4 Å². The monoisotopic (exact) mass is 467 g/mol. The number of aromatic amines is 1. The van der Waals surface area contributed by atoms with Crippen LogP contribution in [0.25, 0.3) is 11.2 Å². The lowest BCUT2D eigenvalue weighted by molar-refractivity contribution is -0.113. The molecule has 4 aromatic rings. The summed E-state index contributed by atoms with van der Waals surface area (Å²) in [7, 11) is 1.54. The maximum absolute atomic E-state index is 12.5. The third-order valence-corrected chi connectivity index (χ3v) is 5.49. The summed E-state index contributed by atoms with van der Waals surface area (Å²) in [4.78, 5) is 36.3. The van der Waals surface area contributed by atoms with Gasteiger partial charge in [-0.15, -0.1) is 0 Å². The number of nitrogens with one attached hydrogen (secondary N) is 3. The number of nitrogens with zero attached hydrogens (tertiary/aromatic N) is 2. The Bertz CT molecular complexity index is 1280. The molecular formula is C22H18ClN5O3S. The number of hydrogen-bond acceptors (Lipinski definition) is 6. The van der Waals surface area contributed by atoms with E-state index in [9.17, 15) is 9.59 Å². The summed E-state index contributed by atoms with van der Waals surface area (Å²) >= 11 is 7.17. The summed E-state index contributed by atoms with van der Waals surface area (Å²) in [6.45, 7) is 0. The van der Waals surface area contributed by atoms with Crippen molar-refractivity contribution in [3.05, 3.63) is 71.4 Å². The number of benzene rings is 2. The molecule has 8 nitrogen and oxygen atoms in total. The van der Waals surface area contributed by atoms with Crippen LogP contribution in [0.4, 0.5) is 11.4 Å². The number of amides is 2. The number of anilines is 2. The third-order valence-electron chi connectivity index (χ3n) is 4.41. The van der Waals surface area contributed by atoms with E-state index in [0.717, 1.165) is 0 Å². The number of pyridine rings is 1. The molecule has 0 aliphatic heterocycles. The molecular weight excluding hydrogens is 450 g/mol. The number of halogens is 1. The minimum Gasteiger partial charge on any atom is -0.495 e. The zero-order valence-electron chi connectivity index (χ0n) is 16.9. The van der Waals surface area contributed by atoms with Crippen molar-refractivity contribution in [1.29, 1.82) is 0 Å². The highest BCUT2D eigenvalue weighted by atomic mass is 35.5. The van der Waals surface area contributed by atoms with Crippen LogP contribution in [-0.4, -0.2) is 39.6 Å². The molecule has 2 aromatic heterocycles. The van der Waals surface area contributed by atoms with Crippen molar-refractivity contribution in [2.24, 2.45) is 0 Å². The predicted molar refractivity (Wildman–Crippen MR) is 126 cm³/mol. The first kappa shape index (κ1) is 21.7. The number of imidazole rings is 1. The van der Waals surface area contributed by atoms with Crippen molar-refractivity contribution in [2.45, 2.75) is 5.16 Å². The largest absolute Gasteiger partial charge is 0.495 e. The van der Waals surface area contributed by atoms with Gasteiger partial charge in [0.1, 0.15) is 5.75 Å². The van der Waals surface area contributed by atoms with Gasteiger partial charge in [0.05, 0.1) is 29.1 Å². The number of rotatable bonds is 7. The minimum absolute atomic E-state index is 0.156. The number of H-pyrrole nitrogens is 1. The number of ether oxygens (including phenoxy) is 1. The smallest absolute Gasteiger partial charge is 0.255 e. The molecule has 2 amide bonds. The van der Waals surface area contributed by atoms with Gasteiger partial charge < -0.3 is 20.4 Å². The van der Waals surface area contributed by atoms with E-state index in [2.05, 4.69) is 25.6 Å². The van der Waals surface area contributed by atoms with Crippen molar-refractivity contribution in [2.75, 3.05) is 23.5 Å². The molecule has 162 valence electrons. The average molecular weight is 468 g/mol. The highest BCUT2D eigenvalue weighted by Crippen LogP contribution is 2.24. The number of thioether (sulfide) groups is 1. The van der Waals surface area contributed by atoms with E-state index in [4.69, 9.17) is 16.3 Å². The second-order valence-electron chi connectivity index (χ2n) is 6.64. The number of carbonyl (C=O) groups is 2. The number of fused-ring (bicyclic) bond motifs is 1. The first-order valence-electron chi connectivity index (χ1n) is 9.50. The molecule has 0 bridgehead atoms. The molecule has 3 N–H and O–H groups in total. The van der Waals surface area contributed by atoms with Crippen LogP contribution >= 0.6 is 23.4 Å². The van der Waals surface area contributed by atoms with Crippen molar-refractivity contribution >= 4 is 57.7 Å². The first-order chi connectivity index (χ1) is 15.5. The molecule has 0 atom stereocenters. The maximum atomic E-state index is 12.5. The molecule has 0 fully saturated rings. The van der Waals surface area contributed by atoms with Crippen molar-refractivity contribution < 1.29 is 14.3 Å². The predicted octanol–water partition coefficient (Wildman–Crippen LogP) is 4.60. The summed E-state index contributed by atoms with van der Waals surface area (Å²) < 4.78 is 5.24. The van der Waals surface area contributed by atoms with Crippen LogP contribution in [0.2, 0.25) is 5.02 Å². The highest BCUT2D eigenvalue weighted by molar-refractivity contribution is 7.99. The number of carbonyl (C=O) groups excluding carboxylic acids is 2. The quantitative estimate of drug-likeness (QED) is 0.343. The molecule has 0 spiro atoms. The molecule has 10 heteroatoms. The molecule has 0 saturated carbocycles. The summed E-state index contributed by atoms with van der Waals surface area (Å²) in [5, 5.41) is 6.70. The third kappa shape index (κ3) is 5.19. The van der Waals surface area contributed by atoms with Crippen molar-refractivity contribution in [1.82, 2.24) is 15.0 Å². The van der Waals surface area contributed by atoms with Gasteiger partial charge >= 0.3 is 0 Å². The second kappa shape index (κ2) is 9.71. The topological polar surface area (TPSA) is 109 Å². The normalized spacial score (nSPS) is 10.7. The minimum atomic E-state index is -0.276. The Hall–Kier alpha value is -3.56. The highest BCUT2D eigenvalue weighted by Gasteiger charge is 2.11. The SMILES string of the molecule is COc1ccccc1NC(=O)c1ccc(NC(=O)CSc2nc3ncc(Cl)cc3[nH]2)cc1. The number of hydrogen-bond donors (Lipinski definition) is 3. The average Bonchev–Trinajstić information content (AvgIpc) is 3.20. The molecule has 0 radical (unpaired) electrons. The molecule has 0 aliphatic rings. The summed E-state index contributed by atoms with van der Waals surface area (Å²) in [6.07, 6.45) is 1.52. The van der Waals surface area contributed by atoms with E-state index in [1.807, 2.05) is 12.1 Å². The molecule has 2 aromatic carbocycles. The second-order valence-corrected chi connectivity index (χ2v) is 8.04. The summed E-state index contributed by atoms with van der Waals surface area (Å²) in [6, 6.07) is 15.5. The maximum Gasteiger partial charge on any atom is 0.255 e. The fraction of sp³-hybridized carbons (Fsp3) is 0.0909. The molecule has 0 aliphatic carbocycles. The summed E-state index contributed by atoms with van der Waals surface area (Å²) in [5.41, 5.74) is 2.87. The fourth-order valence-corrected chi connectivity index (χ4v) is 3.73. The zero-order chi connectivity index (χ0) is 22.5. The lowest BCUT2D eigenvalue weighted by atomic mass is 10.2. The Balaban J connectivity index is 1.32. The van der Waals surface area contributed by atoms with Crippen LogP contribution < -0.4 is 15.4 Å². The van der Waals surface area contributed by atoms with Crippen LogP contribution in [0, 0.1) is 0 Å². The van der Waals surface area contributed by atoms with Gasteiger partial charge in [-0.2, -0.15) is 0 Å². The summed E-state index contributed by atoms with van der Waals surface area (Å²) in [5.74, 6) is 0.253. The van der Waals surface area contributed by atoms with Gasteiger partial charge in [0.2, 0.25) is 5.91 Å². The Labute approximate surface area is 192 Å². The first-order valence-corrected chi connectivity index (χ1v) is 10.9. The Morgan fingerprint density at radius 3 is 2.69 bits per heavy atom. The number of methoxy groups -OCH3 is 1. The van der Waals surface area contributed by atoms with Gasteiger partial charge in [-0.25, -0.2) is 9.97 Å². The van der Waals surface area contributed by atoms with Crippen LogP contribution in [-0.2, 0) is 4.79 Å².